The van der Waals surface area contributed by atoms with Crippen LogP contribution < -0.4 is 9.47 Å². The van der Waals surface area contributed by atoms with E-state index in [-0.39, 0.29) is 24.0 Å². The van der Waals surface area contributed by atoms with Gasteiger partial charge in [-0.15, -0.1) is 0 Å². The van der Waals surface area contributed by atoms with Crippen LogP contribution >= 0.6 is 0 Å². The van der Waals surface area contributed by atoms with E-state index >= 15 is 0 Å². The standard InChI is InChI=1S/C23H34O5.3CH4O/c1-22(2)9-7-5-6-8-10-23(3,4)18-14-19(27-12-11-24)17(15-22)13-20(18)28-16-21(25)26;3*1-2/h11,13-14H,5-10,12,15-16H2,1-4H3,(H,25,26);3*2H,1H3. The van der Waals surface area contributed by atoms with Crippen molar-refractivity contribution in [3.63, 3.8) is 0 Å². The Kier molecular flexibility index (Phi) is 18.2. The molecule has 0 saturated heterocycles. The van der Waals surface area contributed by atoms with E-state index in [1.165, 1.54) is 19.3 Å². The average Bonchev–Trinajstić information content (AvgIpc) is 2.83. The summed E-state index contributed by atoms with van der Waals surface area (Å²) in [5.74, 6) is 0.311. The summed E-state index contributed by atoms with van der Waals surface area (Å²) in [4.78, 5) is 22.0. The van der Waals surface area contributed by atoms with Gasteiger partial charge in [-0.05, 0) is 47.8 Å². The van der Waals surface area contributed by atoms with E-state index in [2.05, 4.69) is 27.7 Å². The Morgan fingerprint density at radius 3 is 1.97 bits per heavy atom. The Balaban J connectivity index is 0. The van der Waals surface area contributed by atoms with E-state index < -0.39 is 5.97 Å². The third-order valence-electron chi connectivity index (χ3n) is 5.62. The molecule has 8 heteroatoms. The fourth-order valence-corrected chi connectivity index (χ4v) is 4.05. The van der Waals surface area contributed by atoms with Crippen molar-refractivity contribution in [3.05, 3.63) is 23.3 Å². The van der Waals surface area contributed by atoms with Crippen LogP contribution in [0.1, 0.15) is 77.3 Å². The van der Waals surface area contributed by atoms with E-state index in [1.54, 1.807) is 0 Å². The fraction of sp³-hybridized carbons (Fsp3) is 0.692. The molecular formula is C26H46O8. The molecule has 0 amide bonds. The van der Waals surface area contributed by atoms with E-state index in [0.29, 0.717) is 11.5 Å². The first kappa shape index (κ1) is 34.0. The van der Waals surface area contributed by atoms with Crippen molar-refractivity contribution in [2.24, 2.45) is 5.41 Å². The van der Waals surface area contributed by atoms with Crippen molar-refractivity contribution < 1.29 is 39.5 Å². The van der Waals surface area contributed by atoms with Gasteiger partial charge in [-0.25, -0.2) is 4.79 Å². The Morgan fingerprint density at radius 1 is 0.882 bits per heavy atom. The zero-order chi connectivity index (χ0) is 26.8. The van der Waals surface area contributed by atoms with Crippen molar-refractivity contribution >= 4 is 12.3 Å². The van der Waals surface area contributed by atoms with Gasteiger partial charge in [-0.3, -0.25) is 4.79 Å². The van der Waals surface area contributed by atoms with E-state index in [9.17, 15) is 9.59 Å². The van der Waals surface area contributed by atoms with Gasteiger partial charge in [0.25, 0.3) is 0 Å². The molecule has 0 radical (unpaired) electrons. The van der Waals surface area contributed by atoms with Crippen molar-refractivity contribution in [1.29, 1.82) is 0 Å². The number of hydrogen-bond donors (Lipinski definition) is 4. The molecule has 2 aliphatic carbocycles. The van der Waals surface area contributed by atoms with Gasteiger partial charge in [-0.2, -0.15) is 0 Å². The highest BCUT2D eigenvalue weighted by Gasteiger charge is 2.29. The minimum atomic E-state index is -0.996. The highest BCUT2D eigenvalue weighted by atomic mass is 16.5. The maximum atomic E-state index is 11.1. The number of carbonyl (C=O) groups excluding carboxylic acids is 1. The van der Waals surface area contributed by atoms with Crippen LogP contribution in [0.3, 0.4) is 0 Å². The summed E-state index contributed by atoms with van der Waals surface area (Å²) < 4.78 is 11.5. The Morgan fingerprint density at radius 2 is 1.44 bits per heavy atom. The van der Waals surface area contributed by atoms with Crippen LogP contribution in [0.15, 0.2) is 12.1 Å². The number of hydrogen-bond acceptors (Lipinski definition) is 7. The summed E-state index contributed by atoms with van der Waals surface area (Å²) in [6, 6.07) is 3.89. The highest BCUT2D eigenvalue weighted by molar-refractivity contribution is 5.68. The van der Waals surface area contributed by atoms with Gasteiger partial charge >= 0.3 is 5.97 Å². The van der Waals surface area contributed by atoms with Crippen LogP contribution in [0.2, 0.25) is 0 Å². The van der Waals surface area contributed by atoms with Gasteiger partial charge in [0.15, 0.2) is 12.9 Å². The second-order valence-electron chi connectivity index (χ2n) is 9.26. The topological polar surface area (TPSA) is 134 Å². The minimum absolute atomic E-state index is 0.00261. The highest BCUT2D eigenvalue weighted by Crippen LogP contribution is 2.42. The Hall–Kier alpha value is -2.16. The molecule has 3 rings (SSSR count). The quantitative estimate of drug-likeness (QED) is 0.447. The number of aldehydes is 1. The van der Waals surface area contributed by atoms with E-state index in [0.717, 1.165) is 64.4 Å². The van der Waals surface area contributed by atoms with Gasteiger partial charge in [0.05, 0.1) is 0 Å². The normalized spacial score (nSPS) is 16.2. The summed E-state index contributed by atoms with van der Waals surface area (Å²) in [5.41, 5.74) is 1.80. The molecule has 1 aromatic carbocycles. The first-order valence-electron chi connectivity index (χ1n) is 11.6. The second-order valence-corrected chi connectivity index (χ2v) is 9.26. The van der Waals surface area contributed by atoms with Crippen LogP contribution in [-0.4, -0.2) is 67.2 Å². The molecule has 34 heavy (non-hydrogen) atoms. The first-order valence-corrected chi connectivity index (χ1v) is 11.6. The van der Waals surface area contributed by atoms with Crippen LogP contribution in [0.25, 0.3) is 0 Å². The summed E-state index contributed by atoms with van der Waals surface area (Å²) in [5, 5.41) is 30.1. The van der Waals surface area contributed by atoms with E-state index in [1.807, 2.05) is 12.1 Å². The summed E-state index contributed by atoms with van der Waals surface area (Å²) in [7, 11) is 3.00. The number of benzene rings is 1. The Bertz CT molecular complexity index is 698. The number of aliphatic hydroxyl groups excluding tert-OH is 3. The minimum Gasteiger partial charge on any atom is -0.486 e. The molecule has 0 spiro atoms. The number of aliphatic carboxylic acids is 1. The second kappa shape index (κ2) is 18.2. The molecule has 0 fully saturated rings. The molecule has 2 bridgehead atoms. The van der Waals surface area contributed by atoms with Crippen LogP contribution in [-0.2, 0) is 21.4 Å². The molecule has 0 atom stereocenters. The number of fused-ring (bicyclic) bond motifs is 10. The molecule has 0 aromatic heterocycles. The maximum absolute atomic E-state index is 11.1. The molecular weight excluding hydrogens is 440 g/mol. The van der Waals surface area contributed by atoms with Crippen molar-refractivity contribution in [2.75, 3.05) is 34.5 Å². The van der Waals surface area contributed by atoms with E-state index in [4.69, 9.17) is 29.9 Å². The number of aliphatic hydroxyl groups is 3. The summed E-state index contributed by atoms with van der Waals surface area (Å²) in [6.07, 6.45) is 8.34. The molecule has 8 nitrogen and oxygen atoms in total. The molecule has 0 aliphatic heterocycles. The van der Waals surface area contributed by atoms with Crippen molar-refractivity contribution in [2.45, 2.75) is 78.1 Å². The molecule has 1 aromatic rings. The zero-order valence-corrected chi connectivity index (χ0v) is 22.0. The number of carbonyl (C=O) groups is 2. The van der Waals surface area contributed by atoms with Gasteiger partial charge < -0.3 is 29.9 Å². The molecule has 2 aliphatic rings. The number of rotatable bonds is 6. The zero-order valence-electron chi connectivity index (χ0n) is 22.0. The summed E-state index contributed by atoms with van der Waals surface area (Å²) in [6.45, 7) is 8.42. The van der Waals surface area contributed by atoms with Crippen molar-refractivity contribution in [1.82, 2.24) is 0 Å². The average molecular weight is 487 g/mol. The maximum Gasteiger partial charge on any atom is 0.341 e. The lowest BCUT2D eigenvalue weighted by Crippen LogP contribution is -2.21. The van der Waals surface area contributed by atoms with Crippen molar-refractivity contribution in [3.8, 4) is 11.5 Å². The monoisotopic (exact) mass is 486 g/mol. The number of ether oxygens (including phenoxy) is 2. The van der Waals surface area contributed by atoms with Gasteiger partial charge in [-0.1, -0.05) is 53.4 Å². The lowest BCUT2D eigenvalue weighted by molar-refractivity contribution is -0.139. The molecule has 4 N–H and O–H groups in total. The Labute approximate surface area is 204 Å². The van der Waals surface area contributed by atoms with Gasteiger partial charge in [0, 0.05) is 26.9 Å². The molecule has 0 unspecified atom stereocenters. The van der Waals surface area contributed by atoms with Crippen LogP contribution in [0, 0.1) is 5.41 Å². The lowest BCUT2D eigenvalue weighted by atomic mass is 9.78. The summed E-state index contributed by atoms with van der Waals surface area (Å²) >= 11 is 0. The third-order valence-corrected chi connectivity index (χ3v) is 5.62. The van der Waals surface area contributed by atoms with Crippen LogP contribution in [0.4, 0.5) is 0 Å². The molecule has 0 saturated carbocycles. The fourth-order valence-electron chi connectivity index (χ4n) is 4.05. The SMILES string of the molecule is CC1(C)CCCCCCC(C)(C)c2cc(OCC=O)c(cc2OCC(=O)O)C1.CO.CO.CO. The van der Waals surface area contributed by atoms with Gasteiger partial charge in [0.1, 0.15) is 18.1 Å². The van der Waals surface area contributed by atoms with Crippen LogP contribution in [0.5, 0.6) is 11.5 Å². The number of carboxylic acids is 1. The smallest absolute Gasteiger partial charge is 0.341 e. The lowest BCUT2D eigenvalue weighted by Gasteiger charge is -2.30. The predicted octanol–water partition coefficient (Wildman–Crippen LogP) is 3.75. The number of carboxylic acid groups (broad SMARTS) is 1. The molecule has 198 valence electrons. The third kappa shape index (κ3) is 12.3. The largest absolute Gasteiger partial charge is 0.486 e. The predicted molar refractivity (Wildman–Crippen MR) is 134 cm³/mol. The first-order chi connectivity index (χ1) is 16.1. The molecule has 0 heterocycles. The van der Waals surface area contributed by atoms with Gasteiger partial charge in [0.2, 0.25) is 0 Å².